The molecule has 0 spiro atoms. The largest absolute Gasteiger partial charge is 0.461 e. The Morgan fingerprint density at radius 3 is 2.71 bits per heavy atom. The Hall–Kier alpha value is -1.24. The lowest BCUT2D eigenvalue weighted by atomic mass is 9.77. The van der Waals surface area contributed by atoms with Crippen LogP contribution in [-0.4, -0.2) is 0 Å². The van der Waals surface area contributed by atoms with Gasteiger partial charge in [-0.05, 0) is 44.2 Å². The van der Waals surface area contributed by atoms with Gasteiger partial charge in [0.25, 0.3) is 0 Å². The average molecular weight is 230 g/mol. The first-order chi connectivity index (χ1) is 7.93. The monoisotopic (exact) mass is 230 g/mol. The molecule has 0 aliphatic carbocycles. The fourth-order valence-electron chi connectivity index (χ4n) is 2.42. The topological polar surface area (TPSA) is 9.23 Å². The number of rotatable bonds is 3. The highest BCUT2D eigenvalue weighted by Gasteiger charge is 2.39. The third-order valence-electron chi connectivity index (χ3n) is 3.80. The first kappa shape index (κ1) is 12.2. The molecule has 0 fully saturated rings. The van der Waals surface area contributed by atoms with Crippen LogP contribution in [0, 0.1) is 12.8 Å². The lowest BCUT2D eigenvalue weighted by Crippen LogP contribution is -2.21. The quantitative estimate of drug-likeness (QED) is 0.737. The van der Waals surface area contributed by atoms with Crippen LogP contribution in [0.4, 0.5) is 0 Å². The number of benzene rings is 1. The van der Waals surface area contributed by atoms with Crippen molar-refractivity contribution in [3.63, 3.8) is 0 Å². The van der Waals surface area contributed by atoms with Gasteiger partial charge in [0.2, 0.25) is 0 Å². The van der Waals surface area contributed by atoms with Crippen LogP contribution >= 0.6 is 0 Å². The highest BCUT2D eigenvalue weighted by molar-refractivity contribution is 5.51. The predicted octanol–water partition coefficient (Wildman–Crippen LogP) is 4.60. The molecule has 1 nitrogen and oxygen atoms in total. The summed E-state index contributed by atoms with van der Waals surface area (Å²) in [5, 5.41) is 0. The Balaban J connectivity index is 2.33. The van der Waals surface area contributed by atoms with Gasteiger partial charge in [0, 0.05) is 5.56 Å². The van der Waals surface area contributed by atoms with Crippen molar-refractivity contribution < 1.29 is 4.74 Å². The molecule has 1 heteroatoms. The van der Waals surface area contributed by atoms with Crippen LogP contribution in [0.15, 0.2) is 30.5 Å². The van der Waals surface area contributed by atoms with Crippen LogP contribution in [0.1, 0.15) is 44.7 Å². The lowest BCUT2D eigenvalue weighted by Gasteiger charge is -2.24. The summed E-state index contributed by atoms with van der Waals surface area (Å²) >= 11 is 0. The Morgan fingerprint density at radius 1 is 1.35 bits per heavy atom. The second-order valence-corrected chi connectivity index (χ2v) is 5.79. The van der Waals surface area contributed by atoms with Gasteiger partial charge in [0.1, 0.15) is 11.5 Å². The van der Waals surface area contributed by atoms with E-state index >= 15 is 0 Å². The molecule has 0 bridgehead atoms. The van der Waals surface area contributed by atoms with E-state index in [0.29, 0.717) is 5.92 Å². The number of hydrogen-bond donors (Lipinski definition) is 0. The number of fused-ring (bicyclic) bond motifs is 1. The van der Waals surface area contributed by atoms with Gasteiger partial charge in [-0.3, -0.25) is 0 Å². The molecule has 1 aliphatic rings. The molecule has 1 aliphatic heterocycles. The van der Waals surface area contributed by atoms with E-state index in [1.807, 2.05) is 0 Å². The minimum Gasteiger partial charge on any atom is -0.461 e. The Morgan fingerprint density at radius 2 is 2.06 bits per heavy atom. The fourth-order valence-corrected chi connectivity index (χ4v) is 2.42. The first-order valence-corrected chi connectivity index (χ1v) is 6.42. The number of ether oxygens (including phenoxy) is 1. The van der Waals surface area contributed by atoms with E-state index in [-0.39, 0.29) is 5.41 Å². The molecule has 1 aromatic carbocycles. The maximum absolute atomic E-state index is 5.84. The molecule has 0 saturated heterocycles. The number of aryl methyl sites for hydroxylation is 1. The Bertz CT molecular complexity index is 445. The van der Waals surface area contributed by atoms with Crippen molar-refractivity contribution in [2.45, 2.75) is 46.0 Å². The summed E-state index contributed by atoms with van der Waals surface area (Å²) in [7, 11) is 0. The third kappa shape index (κ3) is 2.11. The zero-order chi connectivity index (χ0) is 12.6. The Kier molecular flexibility index (Phi) is 3.03. The second-order valence-electron chi connectivity index (χ2n) is 5.79. The van der Waals surface area contributed by atoms with E-state index in [2.05, 4.69) is 52.5 Å². The molecule has 1 atom stereocenters. The summed E-state index contributed by atoms with van der Waals surface area (Å²) in [6.07, 6.45) is 2.31. The molecule has 2 rings (SSSR count). The molecular weight excluding hydrogens is 208 g/mol. The van der Waals surface area contributed by atoms with Gasteiger partial charge < -0.3 is 4.74 Å². The van der Waals surface area contributed by atoms with Gasteiger partial charge in [0.05, 0.1) is 5.41 Å². The summed E-state index contributed by atoms with van der Waals surface area (Å²) in [6, 6.07) is 6.47. The standard InChI is InChI=1S/C16H22O/c1-11(2)8-9-16(5)13(4)17-15-10-12(3)6-7-14(15)16/h6-7,10-11H,4,8-9H2,1-3,5H3. The van der Waals surface area contributed by atoms with Gasteiger partial charge >= 0.3 is 0 Å². The molecule has 92 valence electrons. The minimum atomic E-state index is -0.00664. The summed E-state index contributed by atoms with van der Waals surface area (Å²) in [5.41, 5.74) is 2.53. The molecule has 1 heterocycles. The maximum Gasteiger partial charge on any atom is 0.131 e. The summed E-state index contributed by atoms with van der Waals surface area (Å²) in [4.78, 5) is 0. The van der Waals surface area contributed by atoms with Gasteiger partial charge in [-0.1, -0.05) is 32.6 Å². The summed E-state index contributed by atoms with van der Waals surface area (Å²) in [5.74, 6) is 2.62. The smallest absolute Gasteiger partial charge is 0.131 e. The van der Waals surface area contributed by atoms with Crippen LogP contribution < -0.4 is 4.74 Å². The fraction of sp³-hybridized carbons (Fsp3) is 0.500. The van der Waals surface area contributed by atoms with E-state index in [9.17, 15) is 0 Å². The van der Waals surface area contributed by atoms with Gasteiger partial charge in [-0.2, -0.15) is 0 Å². The van der Waals surface area contributed by atoms with Crippen LogP contribution in [-0.2, 0) is 5.41 Å². The molecule has 0 saturated carbocycles. The van der Waals surface area contributed by atoms with E-state index in [0.717, 1.165) is 17.9 Å². The van der Waals surface area contributed by atoms with E-state index in [1.54, 1.807) is 0 Å². The van der Waals surface area contributed by atoms with Gasteiger partial charge in [0.15, 0.2) is 0 Å². The second kappa shape index (κ2) is 4.21. The van der Waals surface area contributed by atoms with Crippen LogP contribution in [0.3, 0.4) is 0 Å². The average Bonchev–Trinajstić information content (AvgIpc) is 2.48. The molecular formula is C16H22O. The zero-order valence-corrected chi connectivity index (χ0v) is 11.3. The van der Waals surface area contributed by atoms with E-state index < -0.39 is 0 Å². The molecule has 0 N–H and O–H groups in total. The summed E-state index contributed by atoms with van der Waals surface area (Å²) < 4.78 is 5.84. The van der Waals surface area contributed by atoms with E-state index in [4.69, 9.17) is 4.74 Å². The predicted molar refractivity (Wildman–Crippen MR) is 72.4 cm³/mol. The minimum absolute atomic E-state index is 0.00664. The van der Waals surface area contributed by atoms with Crippen molar-refractivity contribution in [3.05, 3.63) is 41.7 Å². The van der Waals surface area contributed by atoms with Crippen molar-refractivity contribution in [2.24, 2.45) is 5.92 Å². The van der Waals surface area contributed by atoms with Gasteiger partial charge in [-0.25, -0.2) is 0 Å². The van der Waals surface area contributed by atoms with E-state index in [1.165, 1.54) is 17.5 Å². The van der Waals surface area contributed by atoms with Crippen molar-refractivity contribution >= 4 is 0 Å². The molecule has 0 radical (unpaired) electrons. The normalized spacial score (nSPS) is 22.8. The lowest BCUT2D eigenvalue weighted by molar-refractivity contribution is 0.350. The molecule has 0 amide bonds. The van der Waals surface area contributed by atoms with Gasteiger partial charge in [-0.15, -0.1) is 0 Å². The highest BCUT2D eigenvalue weighted by Crippen LogP contribution is 2.48. The van der Waals surface area contributed by atoms with Crippen LogP contribution in [0.25, 0.3) is 0 Å². The molecule has 1 unspecified atom stereocenters. The highest BCUT2D eigenvalue weighted by atomic mass is 16.5. The number of allylic oxidation sites excluding steroid dienone is 1. The maximum atomic E-state index is 5.84. The van der Waals surface area contributed by atoms with Crippen molar-refractivity contribution in [1.82, 2.24) is 0 Å². The SMILES string of the molecule is C=C1Oc2cc(C)ccc2C1(C)CCC(C)C. The van der Waals surface area contributed by atoms with Crippen molar-refractivity contribution in [1.29, 1.82) is 0 Å². The molecule has 0 aromatic heterocycles. The Labute approximate surface area is 104 Å². The number of hydrogen-bond acceptors (Lipinski definition) is 1. The van der Waals surface area contributed by atoms with Crippen molar-refractivity contribution in [2.75, 3.05) is 0 Å². The molecule has 1 aromatic rings. The third-order valence-corrected chi connectivity index (χ3v) is 3.80. The van der Waals surface area contributed by atoms with Crippen LogP contribution in [0.2, 0.25) is 0 Å². The molecule has 17 heavy (non-hydrogen) atoms. The van der Waals surface area contributed by atoms with Crippen LogP contribution in [0.5, 0.6) is 5.75 Å². The van der Waals surface area contributed by atoms with Crippen molar-refractivity contribution in [3.8, 4) is 5.75 Å². The first-order valence-electron chi connectivity index (χ1n) is 6.42. The summed E-state index contributed by atoms with van der Waals surface area (Å²) in [6.45, 7) is 13.0. The zero-order valence-electron chi connectivity index (χ0n) is 11.3.